The predicted octanol–water partition coefficient (Wildman–Crippen LogP) is 2.91. The minimum atomic E-state index is -1.05. The van der Waals surface area contributed by atoms with Crippen LogP contribution in [0.2, 0.25) is 0 Å². The maximum absolute atomic E-state index is 10.6. The van der Waals surface area contributed by atoms with Crippen LogP contribution in [0.1, 0.15) is 11.1 Å². The van der Waals surface area contributed by atoms with Crippen molar-refractivity contribution in [3.63, 3.8) is 0 Å². The molecule has 0 heterocycles. The molecular weight excluding hydrogens is 440 g/mol. The predicted molar refractivity (Wildman–Crippen MR) is 127 cm³/mol. The van der Waals surface area contributed by atoms with E-state index in [1.54, 1.807) is 0 Å². The molecule has 0 N–H and O–H groups in total. The van der Waals surface area contributed by atoms with E-state index in [0.29, 0.717) is 0 Å². The number of carboxylic acids is 2. The number of aliphatic carboxylic acids is 2. The van der Waals surface area contributed by atoms with E-state index in [-0.39, 0.29) is 50.6 Å². The van der Waals surface area contributed by atoms with Gasteiger partial charge in [0, 0.05) is 24.8 Å². The van der Waals surface area contributed by atoms with Gasteiger partial charge >= 0.3 is 37.7 Å². The van der Waals surface area contributed by atoms with Crippen molar-refractivity contribution in [1.29, 1.82) is 0 Å². The minimum Gasteiger partial charge on any atom is -0.550 e. The average Bonchev–Trinajstić information content (AvgIpc) is 2.81. The molecule has 160 valence electrons. The Morgan fingerprint density at radius 2 is 0.788 bits per heavy atom. The van der Waals surface area contributed by atoms with Crippen molar-refractivity contribution in [2.24, 2.45) is 0 Å². The third-order valence-electron chi connectivity index (χ3n) is 4.87. The summed E-state index contributed by atoms with van der Waals surface area (Å²) in [5, 5.41) is 21.3. The second-order valence-electron chi connectivity index (χ2n) is 7.14. The van der Waals surface area contributed by atoms with Gasteiger partial charge in [-0.3, -0.25) is 0 Å². The summed E-state index contributed by atoms with van der Waals surface area (Å²) in [6.07, 6.45) is -0.101. The Bertz CT molecular complexity index is 1080. The van der Waals surface area contributed by atoms with Crippen LogP contribution in [0.4, 0.5) is 0 Å². The van der Waals surface area contributed by atoms with Gasteiger partial charge < -0.3 is 19.8 Å². The molecule has 0 aromatic heterocycles. The van der Waals surface area contributed by atoms with Gasteiger partial charge in [0.05, 0.1) is 0 Å². The topological polar surface area (TPSA) is 80.3 Å². The Balaban J connectivity index is 0.000000227. The summed E-state index contributed by atoms with van der Waals surface area (Å²) >= 11 is 0. The number of carbonyl (C=O) groups is 2. The Morgan fingerprint density at radius 3 is 1.12 bits per heavy atom. The molecule has 0 spiro atoms. The molecule has 0 radical (unpaired) electrons. The molecule has 4 aromatic carbocycles. The molecule has 0 saturated heterocycles. The second kappa shape index (κ2) is 13.6. The molecule has 0 saturated carbocycles. The first-order valence-electron chi connectivity index (χ1n) is 10.2. The van der Waals surface area contributed by atoms with E-state index in [0.717, 1.165) is 33.4 Å². The maximum Gasteiger partial charge on any atom is 2.00 e. The van der Waals surface area contributed by atoms with Crippen LogP contribution in [-0.4, -0.2) is 49.7 Å². The second-order valence-corrected chi connectivity index (χ2v) is 7.14. The molecule has 0 aliphatic carbocycles. The van der Waals surface area contributed by atoms with Crippen molar-refractivity contribution in [2.45, 2.75) is 12.8 Å². The molecule has 0 aliphatic heterocycles. The van der Waals surface area contributed by atoms with E-state index in [1.807, 2.05) is 109 Å². The smallest absolute Gasteiger partial charge is 0.550 e. The van der Waals surface area contributed by atoms with Gasteiger partial charge in [0.25, 0.3) is 0 Å². The molecule has 0 aliphatic rings. The summed E-state index contributed by atoms with van der Waals surface area (Å²) in [5.41, 5.74) is 5.53. The van der Waals surface area contributed by atoms with Crippen LogP contribution in [0, 0.1) is 0 Å². The van der Waals surface area contributed by atoms with Crippen molar-refractivity contribution < 1.29 is 19.8 Å². The van der Waals surface area contributed by atoms with Crippen LogP contribution in [0.25, 0.3) is 22.3 Å². The number of carbonyl (C=O) groups excluding carboxylic acids is 2. The van der Waals surface area contributed by atoms with E-state index in [1.165, 1.54) is 0 Å². The molecular formula is C28H22CaO4. The van der Waals surface area contributed by atoms with Gasteiger partial charge in [-0.05, 0) is 33.4 Å². The quantitative estimate of drug-likeness (QED) is 0.413. The first-order chi connectivity index (χ1) is 15.5. The molecule has 4 aromatic rings. The standard InChI is InChI=1S/2C14H12O2.Ca/c2*15-14(16)10-12-8-4-5-9-13(12)11-6-2-1-3-7-11;/h2*1-9H,10H2,(H,15,16);/q;;+2/p-2. The van der Waals surface area contributed by atoms with E-state index in [9.17, 15) is 19.8 Å². The molecule has 5 heteroatoms. The number of rotatable bonds is 6. The first kappa shape index (κ1) is 26.3. The summed E-state index contributed by atoms with van der Waals surface area (Å²) in [6.45, 7) is 0. The minimum absolute atomic E-state index is 0. The number of hydrogen-bond donors (Lipinski definition) is 0. The fourth-order valence-corrected chi connectivity index (χ4v) is 3.46. The Morgan fingerprint density at radius 1 is 0.485 bits per heavy atom. The summed E-state index contributed by atoms with van der Waals surface area (Å²) in [6, 6.07) is 34.4. The SMILES string of the molecule is O=C([O-])Cc1ccccc1-c1ccccc1.O=C([O-])Cc1ccccc1-c1ccccc1.[Ca+2]. The van der Waals surface area contributed by atoms with Crippen LogP contribution in [-0.2, 0) is 22.4 Å². The Labute approximate surface area is 223 Å². The van der Waals surface area contributed by atoms with Crippen molar-refractivity contribution >= 4 is 49.7 Å². The molecule has 0 amide bonds. The fourth-order valence-electron chi connectivity index (χ4n) is 3.46. The molecule has 0 unspecified atom stereocenters. The molecule has 0 atom stereocenters. The van der Waals surface area contributed by atoms with E-state index >= 15 is 0 Å². The van der Waals surface area contributed by atoms with Gasteiger partial charge in [-0.25, -0.2) is 0 Å². The summed E-state index contributed by atoms with van der Waals surface area (Å²) in [7, 11) is 0. The van der Waals surface area contributed by atoms with E-state index in [4.69, 9.17) is 0 Å². The summed E-state index contributed by atoms with van der Waals surface area (Å²) in [4.78, 5) is 21.3. The third-order valence-corrected chi connectivity index (χ3v) is 4.87. The van der Waals surface area contributed by atoms with Crippen LogP contribution in [0.5, 0.6) is 0 Å². The van der Waals surface area contributed by atoms with Crippen LogP contribution in [0.3, 0.4) is 0 Å². The normalized spacial score (nSPS) is 9.70. The molecule has 0 fully saturated rings. The van der Waals surface area contributed by atoms with Crippen molar-refractivity contribution in [3.05, 3.63) is 120 Å². The Kier molecular flexibility index (Phi) is 10.8. The number of benzene rings is 4. The molecule has 4 nitrogen and oxygen atoms in total. The maximum atomic E-state index is 10.6. The fraction of sp³-hybridized carbons (Fsp3) is 0.0714. The third kappa shape index (κ3) is 8.17. The summed E-state index contributed by atoms with van der Waals surface area (Å²) in [5.74, 6) is -2.10. The zero-order valence-electron chi connectivity index (χ0n) is 18.1. The van der Waals surface area contributed by atoms with Gasteiger partial charge in [-0.1, -0.05) is 109 Å². The molecule has 4 rings (SSSR count). The van der Waals surface area contributed by atoms with Gasteiger partial charge in [-0.15, -0.1) is 0 Å². The van der Waals surface area contributed by atoms with Gasteiger partial charge in [0.15, 0.2) is 0 Å². The number of hydrogen-bond acceptors (Lipinski definition) is 4. The number of carboxylic acid groups (broad SMARTS) is 2. The zero-order chi connectivity index (χ0) is 22.8. The van der Waals surface area contributed by atoms with Crippen molar-refractivity contribution in [3.8, 4) is 22.3 Å². The molecule has 33 heavy (non-hydrogen) atoms. The van der Waals surface area contributed by atoms with Crippen LogP contribution in [0.15, 0.2) is 109 Å². The van der Waals surface area contributed by atoms with Gasteiger partial charge in [0.2, 0.25) is 0 Å². The van der Waals surface area contributed by atoms with E-state index in [2.05, 4.69) is 0 Å². The molecule has 0 bridgehead atoms. The Hall–Kier alpha value is -2.92. The monoisotopic (exact) mass is 462 g/mol. The first-order valence-corrected chi connectivity index (χ1v) is 10.2. The van der Waals surface area contributed by atoms with Crippen molar-refractivity contribution in [2.75, 3.05) is 0 Å². The average molecular weight is 463 g/mol. The van der Waals surface area contributed by atoms with Gasteiger partial charge in [-0.2, -0.15) is 0 Å². The van der Waals surface area contributed by atoms with Crippen LogP contribution >= 0.6 is 0 Å². The summed E-state index contributed by atoms with van der Waals surface area (Å²) < 4.78 is 0. The van der Waals surface area contributed by atoms with E-state index < -0.39 is 11.9 Å². The van der Waals surface area contributed by atoms with Crippen molar-refractivity contribution in [1.82, 2.24) is 0 Å². The van der Waals surface area contributed by atoms with Gasteiger partial charge in [0.1, 0.15) is 0 Å². The largest absolute Gasteiger partial charge is 2.00 e. The van der Waals surface area contributed by atoms with Crippen LogP contribution < -0.4 is 10.2 Å². The zero-order valence-corrected chi connectivity index (χ0v) is 20.4.